The molecule has 0 bridgehead atoms. The highest BCUT2D eigenvalue weighted by molar-refractivity contribution is 7.89. The van der Waals surface area contributed by atoms with Crippen LogP contribution in [-0.4, -0.2) is 77.2 Å². The van der Waals surface area contributed by atoms with Crippen LogP contribution < -0.4 is 15.4 Å². The molecule has 0 aromatic heterocycles. The zero-order chi connectivity index (χ0) is 19.2. The Morgan fingerprint density at radius 1 is 1.16 bits per heavy atom. The van der Waals surface area contributed by atoms with E-state index in [1.807, 2.05) is 0 Å². The van der Waals surface area contributed by atoms with Gasteiger partial charge in [0.25, 0.3) is 5.91 Å². The first-order valence-electron chi connectivity index (χ1n) is 7.43. The Labute approximate surface area is 148 Å². The molecule has 0 unspecified atom stereocenters. The highest BCUT2D eigenvalue weighted by atomic mass is 32.2. The van der Waals surface area contributed by atoms with Crippen molar-refractivity contribution in [1.29, 1.82) is 0 Å². The van der Waals surface area contributed by atoms with Gasteiger partial charge in [-0.05, 0) is 18.2 Å². The molecule has 0 aliphatic heterocycles. The number of amides is 3. The molecular formula is C15H24N4O5S. The van der Waals surface area contributed by atoms with E-state index in [0.717, 1.165) is 4.31 Å². The average molecular weight is 372 g/mol. The number of carbonyl (C=O) groups excluding carboxylic acids is 2. The molecule has 0 aliphatic carbocycles. The van der Waals surface area contributed by atoms with E-state index in [9.17, 15) is 18.0 Å². The lowest BCUT2D eigenvalue weighted by Gasteiger charge is -2.15. The maximum absolute atomic E-state index is 12.2. The fourth-order valence-corrected chi connectivity index (χ4v) is 2.57. The standard InChI is InChI=1S/C15H24N4O5S/c1-18(2)14(20)12-10-11(6-7-13(12)24-5)17-15(21)16-8-9-25(22,23)19(3)4/h6-7,10H,8-9H2,1-5H3,(H2,16,17,21). The van der Waals surface area contributed by atoms with Crippen molar-refractivity contribution in [1.82, 2.24) is 14.5 Å². The van der Waals surface area contributed by atoms with Crippen LogP contribution in [0.5, 0.6) is 5.75 Å². The largest absolute Gasteiger partial charge is 0.496 e. The summed E-state index contributed by atoms with van der Waals surface area (Å²) in [7, 11) is 4.15. The van der Waals surface area contributed by atoms with Crippen molar-refractivity contribution in [3.05, 3.63) is 23.8 Å². The number of hydrogen-bond acceptors (Lipinski definition) is 5. The van der Waals surface area contributed by atoms with E-state index in [4.69, 9.17) is 4.74 Å². The molecular weight excluding hydrogens is 348 g/mol. The van der Waals surface area contributed by atoms with Gasteiger partial charge in [0.05, 0.1) is 18.4 Å². The van der Waals surface area contributed by atoms with Gasteiger partial charge in [0.1, 0.15) is 5.75 Å². The molecule has 1 rings (SSSR count). The molecule has 0 saturated carbocycles. The first kappa shape index (κ1) is 20.7. The van der Waals surface area contributed by atoms with Crippen molar-refractivity contribution in [3.63, 3.8) is 0 Å². The topological polar surface area (TPSA) is 108 Å². The van der Waals surface area contributed by atoms with Gasteiger partial charge in [-0.2, -0.15) is 0 Å². The van der Waals surface area contributed by atoms with E-state index in [0.29, 0.717) is 17.0 Å². The molecule has 0 fully saturated rings. The number of urea groups is 1. The van der Waals surface area contributed by atoms with E-state index in [1.54, 1.807) is 26.2 Å². The maximum atomic E-state index is 12.2. The normalized spacial score (nSPS) is 11.1. The highest BCUT2D eigenvalue weighted by Gasteiger charge is 2.16. The quantitative estimate of drug-likeness (QED) is 0.721. The number of rotatable bonds is 7. The molecule has 9 nitrogen and oxygen atoms in total. The summed E-state index contributed by atoms with van der Waals surface area (Å²) in [5.74, 6) is -0.0832. The van der Waals surface area contributed by atoms with Crippen molar-refractivity contribution in [2.75, 3.05) is 52.9 Å². The lowest BCUT2D eigenvalue weighted by molar-refractivity contribution is 0.0824. The Balaban J connectivity index is 2.75. The Hall–Kier alpha value is -2.33. The summed E-state index contributed by atoms with van der Waals surface area (Å²) in [4.78, 5) is 25.4. The van der Waals surface area contributed by atoms with Crippen molar-refractivity contribution in [2.24, 2.45) is 0 Å². The van der Waals surface area contributed by atoms with Crippen LogP contribution >= 0.6 is 0 Å². The third kappa shape index (κ3) is 5.91. The average Bonchev–Trinajstić information content (AvgIpc) is 2.53. The maximum Gasteiger partial charge on any atom is 0.319 e. The summed E-state index contributed by atoms with van der Waals surface area (Å²) in [5, 5.41) is 5.02. The second-order valence-electron chi connectivity index (χ2n) is 5.59. The lowest BCUT2D eigenvalue weighted by Crippen LogP contribution is -2.36. The number of nitrogens with one attached hydrogen (secondary N) is 2. The fraction of sp³-hybridized carbons (Fsp3) is 0.467. The second kappa shape index (κ2) is 8.67. The first-order valence-corrected chi connectivity index (χ1v) is 9.04. The van der Waals surface area contributed by atoms with Crippen LogP contribution in [0.25, 0.3) is 0 Å². The summed E-state index contributed by atoms with van der Waals surface area (Å²) in [6.07, 6.45) is 0. The Morgan fingerprint density at radius 2 is 1.80 bits per heavy atom. The third-order valence-electron chi connectivity index (χ3n) is 3.30. The zero-order valence-corrected chi connectivity index (χ0v) is 15.8. The minimum Gasteiger partial charge on any atom is -0.496 e. The van der Waals surface area contributed by atoms with E-state index in [2.05, 4.69) is 10.6 Å². The van der Waals surface area contributed by atoms with Gasteiger partial charge >= 0.3 is 6.03 Å². The van der Waals surface area contributed by atoms with Gasteiger partial charge in [-0.15, -0.1) is 0 Å². The van der Waals surface area contributed by atoms with Gasteiger partial charge in [-0.1, -0.05) is 0 Å². The zero-order valence-electron chi connectivity index (χ0n) is 15.0. The van der Waals surface area contributed by atoms with Gasteiger partial charge in [0.15, 0.2) is 0 Å². The Morgan fingerprint density at radius 3 is 2.32 bits per heavy atom. The molecule has 0 radical (unpaired) electrons. The van der Waals surface area contributed by atoms with Gasteiger partial charge in [-0.3, -0.25) is 4.79 Å². The molecule has 0 aliphatic rings. The third-order valence-corrected chi connectivity index (χ3v) is 5.13. The molecule has 0 spiro atoms. The number of anilines is 1. The molecule has 0 saturated heterocycles. The van der Waals surface area contributed by atoms with Gasteiger partial charge in [0.2, 0.25) is 10.0 Å². The van der Waals surface area contributed by atoms with E-state index < -0.39 is 16.1 Å². The SMILES string of the molecule is COc1ccc(NC(=O)NCCS(=O)(=O)N(C)C)cc1C(=O)N(C)C. The van der Waals surface area contributed by atoms with E-state index in [1.165, 1.54) is 32.2 Å². The molecule has 3 amide bonds. The molecule has 2 N–H and O–H groups in total. The van der Waals surface area contributed by atoms with E-state index in [-0.39, 0.29) is 18.2 Å². The predicted molar refractivity (Wildman–Crippen MR) is 95.5 cm³/mol. The number of nitrogens with zero attached hydrogens (tertiary/aromatic N) is 2. The molecule has 10 heteroatoms. The van der Waals surface area contributed by atoms with Crippen LogP contribution in [0.2, 0.25) is 0 Å². The van der Waals surface area contributed by atoms with Crippen LogP contribution in [0.4, 0.5) is 10.5 Å². The Bertz CT molecular complexity index is 731. The van der Waals surface area contributed by atoms with E-state index >= 15 is 0 Å². The van der Waals surface area contributed by atoms with Crippen molar-refractivity contribution in [3.8, 4) is 5.75 Å². The summed E-state index contributed by atoms with van der Waals surface area (Å²) < 4.78 is 29.5. The number of hydrogen-bond donors (Lipinski definition) is 2. The lowest BCUT2D eigenvalue weighted by atomic mass is 10.1. The number of methoxy groups -OCH3 is 1. The molecule has 140 valence electrons. The summed E-state index contributed by atoms with van der Waals surface area (Å²) >= 11 is 0. The molecule has 1 aromatic carbocycles. The van der Waals surface area contributed by atoms with Crippen molar-refractivity contribution < 1.29 is 22.7 Å². The number of sulfonamides is 1. The minimum atomic E-state index is -3.38. The number of benzene rings is 1. The van der Waals surface area contributed by atoms with Crippen LogP contribution in [-0.2, 0) is 10.0 Å². The van der Waals surface area contributed by atoms with Crippen LogP contribution in [0.3, 0.4) is 0 Å². The first-order chi connectivity index (χ1) is 11.6. The molecule has 0 atom stereocenters. The van der Waals surface area contributed by atoms with Gasteiger partial charge in [0, 0.05) is 40.4 Å². The number of ether oxygens (including phenoxy) is 1. The Kier molecular flexibility index (Phi) is 7.19. The molecule has 25 heavy (non-hydrogen) atoms. The smallest absolute Gasteiger partial charge is 0.319 e. The fourth-order valence-electron chi connectivity index (χ4n) is 1.85. The van der Waals surface area contributed by atoms with Crippen molar-refractivity contribution >= 4 is 27.6 Å². The highest BCUT2D eigenvalue weighted by Crippen LogP contribution is 2.23. The van der Waals surface area contributed by atoms with Crippen LogP contribution in [0, 0.1) is 0 Å². The molecule has 1 aromatic rings. The minimum absolute atomic E-state index is 0.0357. The summed E-state index contributed by atoms with van der Waals surface area (Å²) in [5.41, 5.74) is 0.694. The monoisotopic (exact) mass is 372 g/mol. The van der Waals surface area contributed by atoms with Crippen LogP contribution in [0.15, 0.2) is 18.2 Å². The van der Waals surface area contributed by atoms with Gasteiger partial charge in [-0.25, -0.2) is 17.5 Å². The van der Waals surface area contributed by atoms with Crippen LogP contribution in [0.1, 0.15) is 10.4 Å². The summed E-state index contributed by atoms with van der Waals surface area (Å²) in [6.45, 7) is -0.0357. The van der Waals surface area contributed by atoms with Gasteiger partial charge < -0.3 is 20.3 Å². The second-order valence-corrected chi connectivity index (χ2v) is 7.90. The number of carbonyl (C=O) groups is 2. The van der Waals surface area contributed by atoms with Crippen molar-refractivity contribution in [2.45, 2.75) is 0 Å². The molecule has 0 heterocycles. The summed E-state index contributed by atoms with van der Waals surface area (Å²) in [6, 6.07) is 4.09. The predicted octanol–water partition coefficient (Wildman–Crippen LogP) is 0.410.